The molecule has 1 aromatic rings. The van der Waals surface area contributed by atoms with Gasteiger partial charge in [0, 0.05) is 18.8 Å². The van der Waals surface area contributed by atoms with Gasteiger partial charge in [-0.3, -0.25) is 0 Å². The van der Waals surface area contributed by atoms with Gasteiger partial charge in [-0.25, -0.2) is 0 Å². The lowest BCUT2D eigenvalue weighted by atomic mass is 10.1. The van der Waals surface area contributed by atoms with Crippen LogP contribution in [0, 0.1) is 0 Å². The highest BCUT2D eigenvalue weighted by Gasteiger charge is 2.16. The monoisotopic (exact) mass is 212 g/mol. The normalized spacial score (nSPS) is 16.1. The van der Waals surface area contributed by atoms with E-state index in [1.54, 1.807) is 7.11 Å². The molecule has 1 fully saturated rings. The molecular formula is C10H13ClN2O. The highest BCUT2D eigenvalue weighted by Crippen LogP contribution is 2.27. The molecule has 0 aromatic heterocycles. The third-order valence-corrected chi connectivity index (χ3v) is 2.60. The molecule has 1 aliphatic rings. The topological polar surface area (TPSA) is 33.3 Å². The first-order valence-electron chi connectivity index (χ1n) is 4.60. The van der Waals surface area contributed by atoms with Gasteiger partial charge in [-0.1, -0.05) is 11.6 Å². The van der Waals surface area contributed by atoms with Crippen LogP contribution in [0.5, 0.6) is 5.75 Å². The summed E-state index contributed by atoms with van der Waals surface area (Å²) in [6, 6.07) is 6.26. The van der Waals surface area contributed by atoms with Gasteiger partial charge < -0.3 is 15.4 Å². The first-order chi connectivity index (χ1) is 6.79. The van der Waals surface area contributed by atoms with Crippen molar-refractivity contribution < 1.29 is 4.74 Å². The highest BCUT2D eigenvalue weighted by atomic mass is 35.5. The van der Waals surface area contributed by atoms with Crippen LogP contribution in [0.25, 0.3) is 0 Å². The summed E-state index contributed by atoms with van der Waals surface area (Å²) in [6.45, 7) is 2.04. The number of nitrogens with one attached hydrogen (secondary N) is 2. The summed E-state index contributed by atoms with van der Waals surface area (Å²) in [5.74, 6) is 0.712. The predicted octanol–water partition coefficient (Wildman–Crippen LogP) is 1.73. The Morgan fingerprint density at radius 3 is 2.79 bits per heavy atom. The van der Waals surface area contributed by atoms with Gasteiger partial charge in [0.05, 0.1) is 18.2 Å². The lowest BCUT2D eigenvalue weighted by Gasteiger charge is -2.29. The van der Waals surface area contributed by atoms with Gasteiger partial charge in [0.1, 0.15) is 5.75 Å². The maximum Gasteiger partial charge on any atom is 0.137 e. The Morgan fingerprint density at radius 1 is 1.50 bits per heavy atom. The third kappa shape index (κ3) is 1.94. The van der Waals surface area contributed by atoms with Crippen molar-refractivity contribution in [3.63, 3.8) is 0 Å². The van der Waals surface area contributed by atoms with Crippen molar-refractivity contribution in [2.75, 3.05) is 25.5 Å². The van der Waals surface area contributed by atoms with E-state index in [4.69, 9.17) is 16.3 Å². The molecule has 3 nitrogen and oxygen atoms in total. The van der Waals surface area contributed by atoms with Gasteiger partial charge in [0.2, 0.25) is 0 Å². The lowest BCUT2D eigenvalue weighted by Crippen LogP contribution is -2.51. The minimum atomic E-state index is 0.527. The Labute approximate surface area is 88.4 Å². The fraction of sp³-hybridized carbons (Fsp3) is 0.400. The summed E-state index contributed by atoms with van der Waals surface area (Å²) in [4.78, 5) is 0. The van der Waals surface area contributed by atoms with E-state index in [1.807, 2.05) is 18.2 Å². The quantitative estimate of drug-likeness (QED) is 0.801. The number of hydrogen-bond donors (Lipinski definition) is 2. The van der Waals surface area contributed by atoms with Crippen molar-refractivity contribution in [3.05, 3.63) is 23.2 Å². The van der Waals surface area contributed by atoms with E-state index in [1.165, 1.54) is 0 Å². The van der Waals surface area contributed by atoms with Crippen molar-refractivity contribution in [2.24, 2.45) is 0 Å². The zero-order valence-corrected chi connectivity index (χ0v) is 8.77. The fourth-order valence-corrected chi connectivity index (χ4v) is 1.64. The van der Waals surface area contributed by atoms with Crippen LogP contribution in [0.3, 0.4) is 0 Å². The van der Waals surface area contributed by atoms with Gasteiger partial charge in [0.25, 0.3) is 0 Å². The average Bonchev–Trinajstić information content (AvgIpc) is 2.12. The Morgan fingerprint density at radius 2 is 2.29 bits per heavy atom. The van der Waals surface area contributed by atoms with Gasteiger partial charge in [-0.05, 0) is 18.2 Å². The first kappa shape index (κ1) is 9.62. The zero-order valence-electron chi connectivity index (χ0n) is 8.01. The van der Waals surface area contributed by atoms with Crippen LogP contribution in [0.4, 0.5) is 5.69 Å². The van der Waals surface area contributed by atoms with E-state index >= 15 is 0 Å². The predicted molar refractivity (Wildman–Crippen MR) is 58.3 cm³/mol. The van der Waals surface area contributed by atoms with Crippen LogP contribution in [0.2, 0.25) is 5.02 Å². The minimum absolute atomic E-state index is 0.527. The summed E-state index contributed by atoms with van der Waals surface area (Å²) in [5.41, 5.74) is 1.04. The lowest BCUT2D eigenvalue weighted by molar-refractivity contribution is 0.415. The maximum absolute atomic E-state index is 5.99. The zero-order chi connectivity index (χ0) is 9.97. The summed E-state index contributed by atoms with van der Waals surface area (Å²) in [6.07, 6.45) is 0. The Kier molecular flexibility index (Phi) is 2.79. The third-order valence-electron chi connectivity index (χ3n) is 2.30. The molecule has 14 heavy (non-hydrogen) atoms. The van der Waals surface area contributed by atoms with Crippen molar-refractivity contribution in [2.45, 2.75) is 6.04 Å². The van der Waals surface area contributed by atoms with Crippen molar-refractivity contribution >= 4 is 17.3 Å². The van der Waals surface area contributed by atoms with Gasteiger partial charge in [0.15, 0.2) is 0 Å². The smallest absolute Gasteiger partial charge is 0.137 e. The van der Waals surface area contributed by atoms with E-state index in [0.717, 1.165) is 18.8 Å². The van der Waals surface area contributed by atoms with E-state index < -0.39 is 0 Å². The number of methoxy groups -OCH3 is 1. The molecule has 4 heteroatoms. The molecule has 2 N–H and O–H groups in total. The van der Waals surface area contributed by atoms with E-state index in [9.17, 15) is 0 Å². The number of anilines is 1. The highest BCUT2D eigenvalue weighted by molar-refractivity contribution is 6.32. The molecule has 1 saturated heterocycles. The van der Waals surface area contributed by atoms with Crippen molar-refractivity contribution in [1.29, 1.82) is 0 Å². The van der Waals surface area contributed by atoms with Crippen molar-refractivity contribution in [1.82, 2.24) is 5.32 Å². The molecular weight excluding hydrogens is 200 g/mol. The molecule has 0 saturated carbocycles. The molecule has 0 aliphatic carbocycles. The molecule has 1 heterocycles. The van der Waals surface area contributed by atoms with Crippen LogP contribution in [0.1, 0.15) is 0 Å². The molecule has 0 spiro atoms. The molecule has 0 atom stereocenters. The Hall–Kier alpha value is -0.930. The number of ether oxygens (including phenoxy) is 1. The largest absolute Gasteiger partial charge is 0.495 e. The van der Waals surface area contributed by atoms with Crippen LogP contribution in [0.15, 0.2) is 18.2 Å². The average molecular weight is 213 g/mol. The number of rotatable bonds is 3. The Balaban J connectivity index is 2.07. The van der Waals surface area contributed by atoms with Gasteiger partial charge in [-0.2, -0.15) is 0 Å². The van der Waals surface area contributed by atoms with Gasteiger partial charge >= 0.3 is 0 Å². The van der Waals surface area contributed by atoms with Gasteiger partial charge in [-0.15, -0.1) is 0 Å². The Bertz CT molecular complexity index is 326. The summed E-state index contributed by atoms with van der Waals surface area (Å²) >= 11 is 5.99. The standard InChI is InChI=1S/C10H13ClN2O/c1-14-10-3-2-7(4-9(10)11)13-8-5-12-6-8/h2-4,8,12-13H,5-6H2,1H3. The van der Waals surface area contributed by atoms with E-state index in [-0.39, 0.29) is 0 Å². The molecule has 1 aromatic carbocycles. The molecule has 76 valence electrons. The van der Waals surface area contributed by atoms with Crippen LogP contribution < -0.4 is 15.4 Å². The van der Waals surface area contributed by atoms with E-state index in [2.05, 4.69) is 10.6 Å². The number of benzene rings is 1. The summed E-state index contributed by atoms with van der Waals surface area (Å²) < 4.78 is 5.07. The molecule has 0 bridgehead atoms. The number of hydrogen-bond acceptors (Lipinski definition) is 3. The second-order valence-electron chi connectivity index (χ2n) is 3.35. The summed E-state index contributed by atoms with van der Waals surface area (Å²) in [7, 11) is 1.62. The second kappa shape index (κ2) is 4.07. The minimum Gasteiger partial charge on any atom is -0.495 e. The van der Waals surface area contributed by atoms with Crippen molar-refractivity contribution in [3.8, 4) is 5.75 Å². The summed E-state index contributed by atoms with van der Waals surface area (Å²) in [5, 5.41) is 7.21. The molecule has 0 radical (unpaired) electrons. The van der Waals surface area contributed by atoms with E-state index in [0.29, 0.717) is 16.8 Å². The second-order valence-corrected chi connectivity index (χ2v) is 3.76. The molecule has 0 unspecified atom stereocenters. The number of halogens is 1. The SMILES string of the molecule is COc1ccc(NC2CNC2)cc1Cl. The first-order valence-corrected chi connectivity index (χ1v) is 4.98. The molecule has 2 rings (SSSR count). The molecule has 1 aliphatic heterocycles. The fourth-order valence-electron chi connectivity index (χ4n) is 1.38. The molecule has 0 amide bonds. The van der Waals surface area contributed by atoms with Crippen LogP contribution in [-0.4, -0.2) is 26.2 Å². The maximum atomic E-state index is 5.99. The van der Waals surface area contributed by atoms with Crippen LogP contribution in [-0.2, 0) is 0 Å². The van der Waals surface area contributed by atoms with Crippen LogP contribution >= 0.6 is 11.6 Å².